The predicted molar refractivity (Wildman–Crippen MR) is 50.9 cm³/mol. The summed E-state index contributed by atoms with van der Waals surface area (Å²) >= 11 is -2.15. The van der Waals surface area contributed by atoms with Gasteiger partial charge in [0, 0.05) is 22.9 Å². The maximum Gasteiger partial charge on any atom is 0.123 e. The molecule has 0 bridgehead atoms. The second-order valence-corrected chi connectivity index (χ2v) is 3.85. The van der Waals surface area contributed by atoms with E-state index in [-0.39, 0.29) is 11.6 Å². The van der Waals surface area contributed by atoms with Crippen LogP contribution < -0.4 is 0 Å². The molecule has 2 rings (SSSR count). The molecule has 1 atom stereocenters. The first-order valence-electron chi connectivity index (χ1n) is 3.98. The van der Waals surface area contributed by atoms with Crippen LogP contribution in [-0.2, 0) is 16.8 Å². The largest absolute Gasteiger partial charge is 0.772 e. The summed E-state index contributed by atoms with van der Waals surface area (Å²) in [5, 5.41) is 0.620. The first kappa shape index (κ1) is 9.36. The van der Waals surface area contributed by atoms with Crippen LogP contribution in [-0.4, -0.2) is 13.7 Å². The molecule has 14 heavy (non-hydrogen) atoms. The number of fused-ring (bicyclic) bond motifs is 1. The molecule has 0 saturated heterocycles. The summed E-state index contributed by atoms with van der Waals surface area (Å²) < 4.78 is 33.8. The zero-order valence-electron chi connectivity index (χ0n) is 7.12. The monoisotopic (exact) mass is 212 g/mol. The van der Waals surface area contributed by atoms with Crippen LogP contribution in [0.15, 0.2) is 24.4 Å². The van der Waals surface area contributed by atoms with Gasteiger partial charge in [-0.2, -0.15) is 0 Å². The Morgan fingerprint density at radius 2 is 2.29 bits per heavy atom. The van der Waals surface area contributed by atoms with Gasteiger partial charge in [-0.3, -0.25) is 4.21 Å². The van der Waals surface area contributed by atoms with Crippen molar-refractivity contribution in [2.75, 3.05) is 0 Å². The molecular formula is C9H7FNO2S-. The van der Waals surface area contributed by atoms with E-state index in [1.807, 2.05) is 0 Å². The minimum Gasteiger partial charge on any atom is -0.772 e. The number of rotatable bonds is 2. The Morgan fingerprint density at radius 1 is 1.50 bits per heavy atom. The smallest absolute Gasteiger partial charge is 0.123 e. The van der Waals surface area contributed by atoms with Gasteiger partial charge in [0.1, 0.15) is 5.82 Å². The normalized spacial score (nSPS) is 13.3. The second kappa shape index (κ2) is 3.51. The zero-order valence-corrected chi connectivity index (χ0v) is 7.94. The number of hydrogen-bond acceptors (Lipinski definition) is 2. The lowest BCUT2D eigenvalue weighted by Gasteiger charge is -2.02. The molecule has 1 unspecified atom stereocenters. The fourth-order valence-electron chi connectivity index (χ4n) is 1.40. The molecular weight excluding hydrogens is 205 g/mol. The van der Waals surface area contributed by atoms with Gasteiger partial charge in [-0.25, -0.2) is 4.39 Å². The Bertz CT molecular complexity index is 495. The lowest BCUT2D eigenvalue weighted by Crippen LogP contribution is -1.91. The van der Waals surface area contributed by atoms with Crippen molar-refractivity contribution >= 4 is 22.0 Å². The van der Waals surface area contributed by atoms with Gasteiger partial charge >= 0.3 is 0 Å². The molecule has 74 valence electrons. The van der Waals surface area contributed by atoms with Crippen molar-refractivity contribution in [2.45, 2.75) is 5.75 Å². The minimum absolute atomic E-state index is 0.0938. The van der Waals surface area contributed by atoms with E-state index in [1.165, 1.54) is 12.1 Å². The Kier molecular flexibility index (Phi) is 2.35. The molecule has 3 nitrogen and oxygen atoms in total. The van der Waals surface area contributed by atoms with Gasteiger partial charge in [-0.15, -0.1) is 0 Å². The van der Waals surface area contributed by atoms with Gasteiger partial charge < -0.3 is 9.54 Å². The summed E-state index contributed by atoms with van der Waals surface area (Å²) in [7, 11) is 0. The Balaban J connectivity index is 2.55. The van der Waals surface area contributed by atoms with E-state index in [9.17, 15) is 13.2 Å². The highest BCUT2D eigenvalue weighted by atomic mass is 32.2. The molecule has 1 heterocycles. The third-order valence-electron chi connectivity index (χ3n) is 2.00. The van der Waals surface area contributed by atoms with Crippen LogP contribution in [0.25, 0.3) is 10.9 Å². The third kappa shape index (κ3) is 1.69. The van der Waals surface area contributed by atoms with Crippen molar-refractivity contribution in [2.24, 2.45) is 0 Å². The number of halogens is 1. The minimum atomic E-state index is -2.15. The standard InChI is InChI=1S/C9H8FNO2S/c10-7-1-2-9-8(3-7)6(4-11-9)5-14(12)13/h1-4,11H,5H2,(H,12,13)/p-1. The number of H-pyrrole nitrogens is 1. The van der Waals surface area contributed by atoms with E-state index in [1.54, 1.807) is 12.3 Å². The Morgan fingerprint density at radius 3 is 3.00 bits per heavy atom. The van der Waals surface area contributed by atoms with Crippen LogP contribution in [0.1, 0.15) is 5.56 Å². The third-order valence-corrected chi connectivity index (χ3v) is 2.55. The summed E-state index contributed by atoms with van der Waals surface area (Å²) in [6, 6.07) is 4.24. The van der Waals surface area contributed by atoms with E-state index in [4.69, 9.17) is 0 Å². The average Bonchev–Trinajstić information content (AvgIpc) is 2.47. The Hall–Kier alpha value is -1.20. The molecule has 0 aliphatic rings. The molecule has 2 aromatic rings. The van der Waals surface area contributed by atoms with Crippen LogP contribution in [0.5, 0.6) is 0 Å². The van der Waals surface area contributed by atoms with Crippen LogP contribution in [0.4, 0.5) is 4.39 Å². The summed E-state index contributed by atoms with van der Waals surface area (Å²) in [5.41, 5.74) is 1.33. The summed E-state index contributed by atoms with van der Waals surface area (Å²) in [5.74, 6) is -0.460. The first-order chi connectivity index (χ1) is 6.66. The van der Waals surface area contributed by atoms with Crippen molar-refractivity contribution < 1.29 is 13.2 Å². The predicted octanol–water partition coefficient (Wildman–Crippen LogP) is 1.69. The van der Waals surface area contributed by atoms with E-state index in [2.05, 4.69) is 4.98 Å². The van der Waals surface area contributed by atoms with Crippen molar-refractivity contribution in [3.05, 3.63) is 35.8 Å². The van der Waals surface area contributed by atoms with Crippen molar-refractivity contribution in [1.82, 2.24) is 4.98 Å². The fourth-order valence-corrected chi connectivity index (χ4v) is 1.89. The summed E-state index contributed by atoms with van der Waals surface area (Å²) in [4.78, 5) is 2.88. The number of aromatic amines is 1. The number of nitrogens with one attached hydrogen (secondary N) is 1. The molecule has 1 aromatic heterocycles. The SMILES string of the molecule is O=S([O-])Cc1c[nH]c2ccc(F)cc12. The van der Waals surface area contributed by atoms with Gasteiger partial charge in [-0.1, -0.05) is 11.1 Å². The number of aromatic nitrogens is 1. The summed E-state index contributed by atoms with van der Waals surface area (Å²) in [6.07, 6.45) is 1.58. The molecule has 0 amide bonds. The molecule has 0 saturated carbocycles. The van der Waals surface area contributed by atoms with Crippen molar-refractivity contribution in [3.63, 3.8) is 0 Å². The molecule has 0 aliphatic heterocycles. The van der Waals surface area contributed by atoms with Crippen molar-refractivity contribution in [1.29, 1.82) is 0 Å². The van der Waals surface area contributed by atoms with Crippen LogP contribution >= 0.6 is 0 Å². The highest BCUT2D eigenvalue weighted by Crippen LogP contribution is 2.20. The topological polar surface area (TPSA) is 55.9 Å². The van der Waals surface area contributed by atoms with E-state index < -0.39 is 11.1 Å². The number of benzene rings is 1. The maximum atomic E-state index is 12.9. The molecule has 0 spiro atoms. The van der Waals surface area contributed by atoms with Gasteiger partial charge in [0.05, 0.1) is 0 Å². The van der Waals surface area contributed by atoms with Crippen molar-refractivity contribution in [3.8, 4) is 0 Å². The van der Waals surface area contributed by atoms with E-state index in [0.717, 1.165) is 5.52 Å². The quantitative estimate of drug-likeness (QED) is 0.770. The van der Waals surface area contributed by atoms with Gasteiger partial charge in [0.25, 0.3) is 0 Å². The fraction of sp³-hybridized carbons (Fsp3) is 0.111. The molecule has 1 N–H and O–H groups in total. The molecule has 0 radical (unpaired) electrons. The van der Waals surface area contributed by atoms with Gasteiger partial charge in [0.15, 0.2) is 0 Å². The Labute approximate surface area is 82.2 Å². The highest BCUT2D eigenvalue weighted by Gasteiger charge is 2.04. The molecule has 1 aromatic carbocycles. The molecule has 5 heteroatoms. The number of hydrogen-bond donors (Lipinski definition) is 1. The molecule has 0 fully saturated rings. The summed E-state index contributed by atoms with van der Waals surface area (Å²) in [6.45, 7) is 0. The second-order valence-electron chi connectivity index (χ2n) is 2.95. The lowest BCUT2D eigenvalue weighted by molar-refractivity contribution is 0.536. The first-order valence-corrected chi connectivity index (χ1v) is 5.22. The van der Waals surface area contributed by atoms with E-state index in [0.29, 0.717) is 10.9 Å². The van der Waals surface area contributed by atoms with Crippen LogP contribution in [0.3, 0.4) is 0 Å². The highest BCUT2D eigenvalue weighted by molar-refractivity contribution is 7.78. The zero-order chi connectivity index (χ0) is 10.1. The van der Waals surface area contributed by atoms with Crippen LogP contribution in [0, 0.1) is 5.82 Å². The average molecular weight is 212 g/mol. The van der Waals surface area contributed by atoms with Gasteiger partial charge in [-0.05, 0) is 23.8 Å². The van der Waals surface area contributed by atoms with Gasteiger partial charge in [0.2, 0.25) is 0 Å². The van der Waals surface area contributed by atoms with E-state index >= 15 is 0 Å². The van der Waals surface area contributed by atoms with Crippen LogP contribution in [0.2, 0.25) is 0 Å². The lowest BCUT2D eigenvalue weighted by atomic mass is 10.2. The molecule has 0 aliphatic carbocycles. The maximum absolute atomic E-state index is 12.9.